The first-order valence-corrected chi connectivity index (χ1v) is 5.86. The molecule has 2 rings (SSSR count). The summed E-state index contributed by atoms with van der Waals surface area (Å²) in [6.07, 6.45) is -1.57. The molecule has 1 amide bonds. The van der Waals surface area contributed by atoms with Gasteiger partial charge in [0.25, 0.3) is 4.87 Å². The number of carbonyl (C=O) groups is 2. The van der Waals surface area contributed by atoms with Crippen molar-refractivity contribution in [3.63, 3.8) is 0 Å². The highest BCUT2D eigenvalue weighted by Gasteiger charge is 2.08. The van der Waals surface area contributed by atoms with Gasteiger partial charge in [-0.2, -0.15) is 0 Å². The number of benzene rings is 1. The number of hydrogen-bond acceptors (Lipinski definition) is 7. The monoisotopic (exact) mass is 283 g/mol. The van der Waals surface area contributed by atoms with Crippen LogP contribution in [0.25, 0.3) is 10.3 Å². The highest BCUT2D eigenvalue weighted by atomic mass is 32.1. The van der Waals surface area contributed by atoms with E-state index in [2.05, 4.69) is 14.5 Å². The zero-order valence-corrected chi connectivity index (χ0v) is 10.9. The molecule has 1 heterocycles. The molecule has 0 saturated carbocycles. The second-order valence-corrected chi connectivity index (χ2v) is 4.21. The normalized spacial score (nSPS) is 11.4. The van der Waals surface area contributed by atoms with E-state index in [-0.39, 0.29) is 10.6 Å². The molecule has 19 heavy (non-hydrogen) atoms. The van der Waals surface area contributed by atoms with E-state index in [9.17, 15) is 9.59 Å². The lowest BCUT2D eigenvalue weighted by atomic mass is 10.3. The molecular formula is C11H9NO6S. The Balaban J connectivity index is 2.36. The van der Waals surface area contributed by atoms with Gasteiger partial charge in [-0.3, -0.25) is 0 Å². The van der Waals surface area contributed by atoms with Crippen LogP contribution in [0.3, 0.4) is 0 Å². The van der Waals surface area contributed by atoms with Gasteiger partial charge in [-0.05, 0) is 12.1 Å². The van der Waals surface area contributed by atoms with E-state index in [1.165, 1.54) is 31.6 Å². The molecule has 1 aromatic heterocycles. The van der Waals surface area contributed by atoms with E-state index in [1.54, 1.807) is 12.1 Å². The van der Waals surface area contributed by atoms with Crippen molar-refractivity contribution < 1.29 is 28.2 Å². The van der Waals surface area contributed by atoms with Gasteiger partial charge in [-0.1, -0.05) is 11.3 Å². The number of nitrogens with zero attached hydrogens (tertiary/aromatic N) is 1. The van der Waals surface area contributed by atoms with Gasteiger partial charge in [0.2, 0.25) is 0 Å². The van der Waals surface area contributed by atoms with E-state index < -0.39 is 12.2 Å². The summed E-state index contributed by atoms with van der Waals surface area (Å²) in [6.45, 7) is 0. The summed E-state index contributed by atoms with van der Waals surface area (Å²) in [7, 11) is 2.44. The van der Waals surface area contributed by atoms with Gasteiger partial charge in [0.15, 0.2) is 5.58 Å². The predicted octanol–water partition coefficient (Wildman–Crippen LogP) is 2.31. The molecule has 7 nitrogen and oxygen atoms in total. The summed E-state index contributed by atoms with van der Waals surface area (Å²) in [6, 6.07) is 4.75. The van der Waals surface area contributed by atoms with Crippen molar-refractivity contribution in [2.24, 2.45) is 4.99 Å². The molecule has 0 spiro atoms. The third-order valence-corrected chi connectivity index (χ3v) is 2.94. The highest BCUT2D eigenvalue weighted by molar-refractivity contribution is 7.16. The molecule has 8 heteroatoms. The van der Waals surface area contributed by atoms with Crippen LogP contribution in [-0.4, -0.2) is 26.5 Å². The lowest BCUT2D eigenvalue weighted by Gasteiger charge is -2.00. The number of amides is 1. The van der Waals surface area contributed by atoms with Crippen molar-refractivity contribution in [3.05, 3.63) is 23.1 Å². The van der Waals surface area contributed by atoms with Crippen LogP contribution >= 0.6 is 11.3 Å². The molecule has 0 saturated heterocycles. The molecular weight excluding hydrogens is 274 g/mol. The molecule has 0 atom stereocenters. The average Bonchev–Trinajstić information content (AvgIpc) is 2.79. The van der Waals surface area contributed by atoms with Gasteiger partial charge in [0, 0.05) is 6.07 Å². The molecule has 0 fully saturated rings. The fourth-order valence-electron chi connectivity index (χ4n) is 1.23. The highest BCUT2D eigenvalue weighted by Crippen LogP contribution is 2.23. The van der Waals surface area contributed by atoms with Gasteiger partial charge in [0.1, 0.15) is 5.75 Å². The van der Waals surface area contributed by atoms with Crippen LogP contribution < -0.4 is 9.60 Å². The first-order valence-electron chi connectivity index (χ1n) is 5.04. The van der Waals surface area contributed by atoms with Crippen molar-refractivity contribution in [1.29, 1.82) is 0 Å². The largest absolute Gasteiger partial charge is 0.513 e. The minimum absolute atomic E-state index is 0.150. The Kier molecular flexibility index (Phi) is 3.81. The number of fused-ring (bicyclic) bond motifs is 1. The molecule has 0 aliphatic rings. The van der Waals surface area contributed by atoms with E-state index >= 15 is 0 Å². The summed E-state index contributed by atoms with van der Waals surface area (Å²) in [5.74, 6) is 0.269. The summed E-state index contributed by atoms with van der Waals surface area (Å²) in [5.41, 5.74) is 0.439. The number of ether oxygens (including phenoxy) is 3. The van der Waals surface area contributed by atoms with Gasteiger partial charge in [-0.25, -0.2) is 9.59 Å². The summed E-state index contributed by atoms with van der Waals surface area (Å²) in [5, 5.41) is 0. The average molecular weight is 283 g/mol. The Morgan fingerprint density at radius 1 is 1.26 bits per heavy atom. The lowest BCUT2D eigenvalue weighted by molar-refractivity contribution is 0.121. The molecule has 1 aromatic carbocycles. The Morgan fingerprint density at radius 2 is 2.05 bits per heavy atom. The Morgan fingerprint density at radius 3 is 2.74 bits per heavy atom. The minimum atomic E-state index is -0.825. The van der Waals surface area contributed by atoms with Crippen LogP contribution in [0.4, 0.5) is 9.59 Å². The molecule has 0 N–H and O–H groups in total. The second-order valence-electron chi connectivity index (χ2n) is 3.22. The SMILES string of the molecule is COC(=O)/N=c1/oc2cc(OC(=O)OC)ccc2s1. The Bertz CT molecular complexity index is 686. The molecule has 0 aliphatic carbocycles. The molecule has 0 unspecified atom stereocenters. The van der Waals surface area contributed by atoms with Gasteiger partial charge >= 0.3 is 12.2 Å². The van der Waals surface area contributed by atoms with Crippen LogP contribution in [0.15, 0.2) is 27.6 Å². The molecule has 0 bridgehead atoms. The summed E-state index contributed by atoms with van der Waals surface area (Å²) in [4.78, 5) is 25.7. The minimum Gasteiger partial charge on any atom is -0.451 e. The molecule has 100 valence electrons. The maximum atomic E-state index is 11.0. The van der Waals surface area contributed by atoms with E-state index in [1.807, 2.05) is 0 Å². The van der Waals surface area contributed by atoms with E-state index in [0.717, 1.165) is 4.70 Å². The van der Waals surface area contributed by atoms with Gasteiger partial charge in [-0.15, -0.1) is 4.99 Å². The number of hydrogen-bond donors (Lipinski definition) is 0. The Hall–Kier alpha value is -2.35. The maximum Gasteiger partial charge on any atom is 0.513 e. The van der Waals surface area contributed by atoms with Crippen LogP contribution in [0.5, 0.6) is 5.75 Å². The molecule has 0 aliphatic heterocycles. The maximum absolute atomic E-state index is 11.0. The fraction of sp³-hybridized carbons (Fsp3) is 0.182. The van der Waals surface area contributed by atoms with Crippen molar-refractivity contribution >= 4 is 33.9 Å². The molecule has 0 radical (unpaired) electrons. The van der Waals surface area contributed by atoms with Crippen molar-refractivity contribution in [2.45, 2.75) is 0 Å². The zero-order chi connectivity index (χ0) is 13.8. The number of carbonyl (C=O) groups excluding carboxylic acids is 2. The van der Waals surface area contributed by atoms with E-state index in [0.29, 0.717) is 5.58 Å². The first kappa shape index (κ1) is 13.1. The fourth-order valence-corrected chi connectivity index (χ4v) is 2.01. The van der Waals surface area contributed by atoms with Crippen molar-refractivity contribution in [2.75, 3.05) is 14.2 Å². The van der Waals surface area contributed by atoms with Crippen LogP contribution in [0.1, 0.15) is 0 Å². The van der Waals surface area contributed by atoms with Crippen LogP contribution in [0.2, 0.25) is 0 Å². The summed E-state index contributed by atoms with van der Waals surface area (Å²) >= 11 is 1.17. The van der Waals surface area contributed by atoms with Gasteiger partial charge < -0.3 is 18.6 Å². The smallest absolute Gasteiger partial charge is 0.451 e. The van der Waals surface area contributed by atoms with E-state index in [4.69, 9.17) is 9.15 Å². The first-order chi connectivity index (χ1) is 9.12. The quantitative estimate of drug-likeness (QED) is 0.589. The van der Waals surface area contributed by atoms with Crippen molar-refractivity contribution in [1.82, 2.24) is 0 Å². The predicted molar refractivity (Wildman–Crippen MR) is 65.1 cm³/mol. The topological polar surface area (TPSA) is 87.3 Å². The standard InChI is InChI=1S/C11H9NO6S/c1-15-9(13)12-10-18-7-5-6(17-11(14)16-2)3-4-8(7)19-10/h3-5H,1-2H3/b12-10-. The van der Waals surface area contributed by atoms with Crippen LogP contribution in [0, 0.1) is 0 Å². The Labute approximate surface area is 111 Å². The third kappa shape index (κ3) is 3.10. The van der Waals surface area contributed by atoms with Crippen LogP contribution in [-0.2, 0) is 9.47 Å². The second kappa shape index (κ2) is 5.53. The summed E-state index contributed by atoms with van der Waals surface area (Å²) < 4.78 is 19.7. The van der Waals surface area contributed by atoms with Crippen molar-refractivity contribution in [3.8, 4) is 5.75 Å². The number of methoxy groups -OCH3 is 2. The number of rotatable bonds is 1. The third-order valence-electron chi connectivity index (χ3n) is 2.03. The van der Waals surface area contributed by atoms with Gasteiger partial charge in [0.05, 0.1) is 18.9 Å². The lowest BCUT2D eigenvalue weighted by Crippen LogP contribution is -2.06. The molecule has 2 aromatic rings. The zero-order valence-electron chi connectivity index (χ0n) is 10.0.